The zero-order valence-electron chi connectivity index (χ0n) is 14.2. The van der Waals surface area contributed by atoms with E-state index < -0.39 is 17.8 Å². The van der Waals surface area contributed by atoms with Crippen molar-refractivity contribution in [1.82, 2.24) is 25.1 Å². The first-order valence-corrected chi connectivity index (χ1v) is 8.26. The number of piperidine rings is 1. The van der Waals surface area contributed by atoms with Gasteiger partial charge >= 0.3 is 6.18 Å². The minimum absolute atomic E-state index is 0.169. The third-order valence-corrected chi connectivity index (χ3v) is 4.31. The Morgan fingerprint density at radius 2 is 2.08 bits per heavy atom. The van der Waals surface area contributed by atoms with Gasteiger partial charge in [-0.2, -0.15) is 18.3 Å². The van der Waals surface area contributed by atoms with Gasteiger partial charge in [-0.15, -0.1) is 0 Å². The summed E-state index contributed by atoms with van der Waals surface area (Å²) in [6, 6.07) is 2.51. The van der Waals surface area contributed by atoms with Gasteiger partial charge in [-0.25, -0.2) is 9.97 Å². The average Bonchev–Trinajstić information content (AvgIpc) is 3.03. The zero-order chi connectivity index (χ0) is 18.7. The van der Waals surface area contributed by atoms with Crippen molar-refractivity contribution in [3.05, 3.63) is 35.9 Å². The maximum Gasteiger partial charge on any atom is 0.433 e. The molecular formula is C16H19F3N6O. The number of carbonyl (C=O) groups excluding carboxylic acids is 1. The van der Waals surface area contributed by atoms with E-state index in [1.807, 2.05) is 4.90 Å². The lowest BCUT2D eigenvalue weighted by molar-refractivity contribution is -0.143. The van der Waals surface area contributed by atoms with Crippen molar-refractivity contribution in [2.75, 3.05) is 24.5 Å². The Labute approximate surface area is 148 Å². The van der Waals surface area contributed by atoms with Gasteiger partial charge in [0, 0.05) is 45.1 Å². The fourth-order valence-corrected chi connectivity index (χ4v) is 3.04. The number of aromatic nitrogens is 4. The van der Waals surface area contributed by atoms with Crippen molar-refractivity contribution < 1.29 is 18.0 Å². The number of hydrogen-bond acceptors (Lipinski definition) is 5. The normalized spacial score (nSPS) is 18.0. The second kappa shape index (κ2) is 7.30. The lowest BCUT2D eigenvalue weighted by Gasteiger charge is -2.32. The van der Waals surface area contributed by atoms with Crippen LogP contribution in [0.2, 0.25) is 0 Å². The SMILES string of the molecule is Cn1nc(C(=O)NC[C@H]2CCCN(c3ncccn3)C2)cc1C(F)(F)F. The highest BCUT2D eigenvalue weighted by molar-refractivity contribution is 5.92. The molecule has 0 bridgehead atoms. The number of alkyl halides is 3. The first-order chi connectivity index (χ1) is 12.3. The van der Waals surface area contributed by atoms with E-state index in [2.05, 4.69) is 20.4 Å². The van der Waals surface area contributed by atoms with Crippen LogP contribution in [0.5, 0.6) is 0 Å². The van der Waals surface area contributed by atoms with Gasteiger partial charge in [0.25, 0.3) is 5.91 Å². The van der Waals surface area contributed by atoms with Crippen LogP contribution in [0.25, 0.3) is 0 Å². The third-order valence-electron chi connectivity index (χ3n) is 4.31. The summed E-state index contributed by atoms with van der Waals surface area (Å²) < 4.78 is 39.1. The molecule has 0 aliphatic carbocycles. The molecule has 1 aliphatic rings. The number of carbonyl (C=O) groups is 1. The van der Waals surface area contributed by atoms with Crippen LogP contribution in [0.15, 0.2) is 24.5 Å². The molecule has 1 amide bonds. The largest absolute Gasteiger partial charge is 0.433 e. The molecule has 10 heteroatoms. The van der Waals surface area contributed by atoms with Crippen molar-refractivity contribution in [1.29, 1.82) is 0 Å². The number of aryl methyl sites for hydroxylation is 1. The summed E-state index contributed by atoms with van der Waals surface area (Å²) in [7, 11) is 1.17. The maximum absolute atomic E-state index is 12.8. The predicted molar refractivity (Wildman–Crippen MR) is 87.5 cm³/mol. The van der Waals surface area contributed by atoms with Gasteiger partial charge in [-0.3, -0.25) is 9.48 Å². The van der Waals surface area contributed by atoms with Gasteiger partial charge in [0.15, 0.2) is 5.69 Å². The molecule has 1 saturated heterocycles. The van der Waals surface area contributed by atoms with Crippen molar-refractivity contribution in [2.24, 2.45) is 13.0 Å². The number of hydrogen-bond donors (Lipinski definition) is 1. The molecule has 0 spiro atoms. The van der Waals surface area contributed by atoms with Gasteiger partial charge in [-0.05, 0) is 24.8 Å². The summed E-state index contributed by atoms with van der Waals surface area (Å²) >= 11 is 0. The molecule has 0 saturated carbocycles. The third kappa shape index (κ3) is 4.12. The molecule has 26 heavy (non-hydrogen) atoms. The van der Waals surface area contributed by atoms with E-state index in [9.17, 15) is 18.0 Å². The molecule has 2 aromatic rings. The Kier molecular flexibility index (Phi) is 5.10. The summed E-state index contributed by atoms with van der Waals surface area (Å²) in [5.41, 5.74) is -1.19. The monoisotopic (exact) mass is 368 g/mol. The average molecular weight is 368 g/mol. The van der Waals surface area contributed by atoms with Crippen LogP contribution in [-0.2, 0) is 13.2 Å². The second-order valence-electron chi connectivity index (χ2n) is 6.25. The quantitative estimate of drug-likeness (QED) is 0.892. The Bertz CT molecular complexity index is 761. The van der Waals surface area contributed by atoms with E-state index in [4.69, 9.17) is 0 Å². The molecule has 3 heterocycles. The van der Waals surface area contributed by atoms with Crippen molar-refractivity contribution in [2.45, 2.75) is 19.0 Å². The molecule has 0 radical (unpaired) electrons. The molecule has 7 nitrogen and oxygen atoms in total. The molecule has 1 atom stereocenters. The molecule has 3 rings (SSSR count). The van der Waals surface area contributed by atoms with E-state index >= 15 is 0 Å². The van der Waals surface area contributed by atoms with Gasteiger partial charge < -0.3 is 10.2 Å². The highest BCUT2D eigenvalue weighted by Crippen LogP contribution is 2.29. The Hall–Kier alpha value is -2.65. The van der Waals surface area contributed by atoms with Gasteiger partial charge in [0.05, 0.1) is 0 Å². The second-order valence-corrected chi connectivity index (χ2v) is 6.25. The van der Waals surface area contributed by atoms with Crippen LogP contribution in [0, 0.1) is 5.92 Å². The number of halogens is 3. The predicted octanol–water partition coefficient (Wildman–Crippen LogP) is 1.88. The Morgan fingerprint density at radius 3 is 2.73 bits per heavy atom. The summed E-state index contributed by atoms with van der Waals surface area (Å²) in [5, 5.41) is 6.34. The molecule has 140 valence electrons. The molecule has 1 fully saturated rings. The highest BCUT2D eigenvalue weighted by Gasteiger charge is 2.35. The smallest absolute Gasteiger partial charge is 0.350 e. The van der Waals surface area contributed by atoms with Crippen LogP contribution in [-0.4, -0.2) is 45.3 Å². The van der Waals surface area contributed by atoms with Crippen molar-refractivity contribution in [3.8, 4) is 0 Å². The lowest BCUT2D eigenvalue weighted by Crippen LogP contribution is -2.41. The van der Waals surface area contributed by atoms with E-state index in [0.29, 0.717) is 23.7 Å². The summed E-state index contributed by atoms with van der Waals surface area (Å²) in [6.07, 6.45) is 0.653. The number of nitrogens with zero attached hydrogens (tertiary/aromatic N) is 5. The van der Waals surface area contributed by atoms with Crippen LogP contribution >= 0.6 is 0 Å². The molecule has 1 N–H and O–H groups in total. The van der Waals surface area contributed by atoms with Crippen LogP contribution < -0.4 is 10.2 Å². The van der Waals surface area contributed by atoms with Gasteiger partial charge in [-0.1, -0.05) is 0 Å². The Morgan fingerprint density at radius 1 is 1.35 bits per heavy atom. The van der Waals surface area contributed by atoms with Crippen molar-refractivity contribution in [3.63, 3.8) is 0 Å². The zero-order valence-corrected chi connectivity index (χ0v) is 14.2. The summed E-state index contributed by atoms with van der Waals surface area (Å²) in [6.45, 7) is 1.88. The van der Waals surface area contributed by atoms with Gasteiger partial charge in [0.2, 0.25) is 5.95 Å². The number of rotatable bonds is 4. The number of anilines is 1. The van der Waals surface area contributed by atoms with E-state index in [0.717, 1.165) is 25.5 Å². The van der Waals surface area contributed by atoms with Crippen LogP contribution in [0.4, 0.5) is 19.1 Å². The highest BCUT2D eigenvalue weighted by atomic mass is 19.4. The summed E-state index contributed by atoms with van der Waals surface area (Å²) in [5.74, 6) is 0.203. The maximum atomic E-state index is 12.8. The summed E-state index contributed by atoms with van der Waals surface area (Å²) in [4.78, 5) is 22.6. The van der Waals surface area contributed by atoms with Crippen LogP contribution in [0.3, 0.4) is 0 Å². The van der Waals surface area contributed by atoms with Gasteiger partial charge in [0.1, 0.15) is 5.69 Å². The van der Waals surface area contributed by atoms with Crippen molar-refractivity contribution >= 4 is 11.9 Å². The van der Waals surface area contributed by atoms with Crippen LogP contribution in [0.1, 0.15) is 29.0 Å². The molecule has 1 aliphatic heterocycles. The topological polar surface area (TPSA) is 75.9 Å². The number of amides is 1. The van der Waals surface area contributed by atoms with E-state index in [-0.39, 0.29) is 11.6 Å². The molecular weight excluding hydrogens is 349 g/mol. The minimum Gasteiger partial charge on any atom is -0.350 e. The molecule has 2 aromatic heterocycles. The fraction of sp³-hybridized carbons (Fsp3) is 0.500. The Balaban J connectivity index is 1.58. The van der Waals surface area contributed by atoms with E-state index in [1.165, 1.54) is 7.05 Å². The van der Waals surface area contributed by atoms with E-state index in [1.54, 1.807) is 18.5 Å². The standard InChI is InChI=1S/C16H19F3N6O/c1-24-13(16(17,18)19)8-12(23-24)14(26)22-9-11-4-2-7-25(10-11)15-20-5-3-6-21-15/h3,5-6,8,11H,2,4,7,9-10H2,1H3,(H,22,26)/t11-/m1/s1. The fourth-order valence-electron chi connectivity index (χ4n) is 3.04. The lowest BCUT2D eigenvalue weighted by atomic mass is 9.98. The molecule has 0 unspecified atom stereocenters. The first kappa shape index (κ1) is 18.2. The molecule has 0 aromatic carbocycles. The number of nitrogens with one attached hydrogen (secondary N) is 1. The minimum atomic E-state index is -4.54. The first-order valence-electron chi connectivity index (χ1n) is 8.26.